The number of nitrogens with one attached hydrogen (secondary N) is 1. The van der Waals surface area contributed by atoms with Crippen molar-refractivity contribution in [3.8, 4) is 11.5 Å². The first-order chi connectivity index (χ1) is 14.5. The highest BCUT2D eigenvalue weighted by Crippen LogP contribution is 2.29. The zero-order valence-corrected chi connectivity index (χ0v) is 17.0. The fourth-order valence-corrected chi connectivity index (χ4v) is 2.97. The molecule has 0 saturated heterocycles. The van der Waals surface area contributed by atoms with Gasteiger partial charge >= 0.3 is 5.97 Å². The molecule has 0 radical (unpaired) electrons. The van der Waals surface area contributed by atoms with Crippen LogP contribution in [0.15, 0.2) is 72.8 Å². The van der Waals surface area contributed by atoms with Crippen LogP contribution in [-0.4, -0.2) is 26.1 Å². The Morgan fingerprint density at radius 2 is 1.67 bits per heavy atom. The van der Waals surface area contributed by atoms with E-state index in [1.807, 2.05) is 49.4 Å². The Bertz CT molecular complexity index is 1030. The predicted octanol–water partition coefficient (Wildman–Crippen LogP) is 4.55. The zero-order valence-electron chi connectivity index (χ0n) is 17.0. The molecule has 0 bridgehead atoms. The Kier molecular flexibility index (Phi) is 6.70. The number of carbonyl (C=O) groups excluding carboxylic acids is 2. The first-order valence-electron chi connectivity index (χ1n) is 9.37. The summed E-state index contributed by atoms with van der Waals surface area (Å²) < 4.78 is 16.1. The molecule has 0 heterocycles. The van der Waals surface area contributed by atoms with E-state index in [0.29, 0.717) is 28.3 Å². The Morgan fingerprint density at radius 3 is 2.37 bits per heavy atom. The maximum atomic E-state index is 13.2. The first-order valence-corrected chi connectivity index (χ1v) is 9.37. The van der Waals surface area contributed by atoms with E-state index < -0.39 is 12.1 Å². The molecule has 6 heteroatoms. The average molecular weight is 405 g/mol. The molecular weight excluding hydrogens is 382 g/mol. The first kappa shape index (κ1) is 20.9. The van der Waals surface area contributed by atoms with Crippen molar-refractivity contribution in [3.05, 3.63) is 89.5 Å². The number of hydrogen-bond acceptors (Lipinski definition) is 5. The second-order valence-corrected chi connectivity index (χ2v) is 6.62. The molecule has 0 aliphatic heterocycles. The van der Waals surface area contributed by atoms with Gasteiger partial charge in [0.2, 0.25) is 6.10 Å². The number of rotatable bonds is 7. The molecule has 0 aliphatic rings. The number of aryl methyl sites for hydroxylation is 1. The monoisotopic (exact) mass is 405 g/mol. The van der Waals surface area contributed by atoms with E-state index in [1.54, 1.807) is 37.4 Å². The van der Waals surface area contributed by atoms with Gasteiger partial charge < -0.3 is 19.5 Å². The zero-order chi connectivity index (χ0) is 21.5. The van der Waals surface area contributed by atoms with Gasteiger partial charge in [0, 0.05) is 5.56 Å². The normalized spacial score (nSPS) is 11.3. The van der Waals surface area contributed by atoms with Crippen LogP contribution in [0, 0.1) is 6.92 Å². The molecule has 0 aromatic heterocycles. The molecule has 154 valence electrons. The van der Waals surface area contributed by atoms with E-state index >= 15 is 0 Å². The van der Waals surface area contributed by atoms with Crippen molar-refractivity contribution in [2.75, 3.05) is 19.5 Å². The quantitative estimate of drug-likeness (QED) is 0.584. The fraction of sp³-hybridized carbons (Fsp3) is 0.167. The minimum absolute atomic E-state index is 0.336. The standard InChI is InChI=1S/C24H23NO5/c1-16-12-13-21(28-2)20(14-16)25-23(26)22(17-8-5-4-6-9-17)30-19-11-7-10-18(15-19)24(27)29-3/h4-15,22H,1-3H3,(H,25,26)/t22-/m1/s1. The molecule has 6 nitrogen and oxygen atoms in total. The Morgan fingerprint density at radius 1 is 0.900 bits per heavy atom. The largest absolute Gasteiger partial charge is 0.495 e. The highest BCUT2D eigenvalue weighted by atomic mass is 16.5. The number of ether oxygens (including phenoxy) is 3. The van der Waals surface area contributed by atoms with Gasteiger partial charge in [-0.25, -0.2) is 4.79 Å². The lowest BCUT2D eigenvalue weighted by molar-refractivity contribution is -0.123. The second kappa shape index (κ2) is 9.60. The van der Waals surface area contributed by atoms with Crippen molar-refractivity contribution in [3.63, 3.8) is 0 Å². The number of hydrogen-bond donors (Lipinski definition) is 1. The van der Waals surface area contributed by atoms with Crippen LogP contribution in [0.5, 0.6) is 11.5 Å². The van der Waals surface area contributed by atoms with Crippen LogP contribution in [-0.2, 0) is 9.53 Å². The summed E-state index contributed by atoms with van der Waals surface area (Å²) in [5.41, 5.74) is 2.54. The highest BCUT2D eigenvalue weighted by molar-refractivity contribution is 5.96. The molecule has 1 atom stereocenters. The van der Waals surface area contributed by atoms with Crippen LogP contribution < -0.4 is 14.8 Å². The summed E-state index contributed by atoms with van der Waals surface area (Å²) >= 11 is 0. The fourth-order valence-electron chi connectivity index (χ4n) is 2.97. The van der Waals surface area contributed by atoms with Crippen LogP contribution in [0.2, 0.25) is 0 Å². The van der Waals surface area contributed by atoms with Gasteiger partial charge in [-0.15, -0.1) is 0 Å². The summed E-state index contributed by atoms with van der Waals surface area (Å²) in [5.74, 6) is 0.0748. The van der Waals surface area contributed by atoms with E-state index in [-0.39, 0.29) is 5.91 Å². The van der Waals surface area contributed by atoms with E-state index in [4.69, 9.17) is 14.2 Å². The van der Waals surface area contributed by atoms with Crippen LogP contribution in [0.4, 0.5) is 5.69 Å². The van der Waals surface area contributed by atoms with Crippen molar-refractivity contribution < 1.29 is 23.8 Å². The number of carbonyl (C=O) groups is 2. The third kappa shape index (κ3) is 4.97. The molecule has 0 aliphatic carbocycles. The molecular formula is C24H23NO5. The van der Waals surface area contributed by atoms with Gasteiger partial charge in [0.25, 0.3) is 5.91 Å². The summed E-state index contributed by atoms with van der Waals surface area (Å²) in [6, 6.07) is 21.2. The van der Waals surface area contributed by atoms with Crippen molar-refractivity contribution in [2.45, 2.75) is 13.0 Å². The molecule has 0 saturated carbocycles. The van der Waals surface area contributed by atoms with Crippen molar-refractivity contribution >= 4 is 17.6 Å². The molecule has 3 aromatic carbocycles. The molecule has 0 spiro atoms. The Balaban J connectivity index is 1.91. The van der Waals surface area contributed by atoms with Crippen LogP contribution in [0.25, 0.3) is 0 Å². The Labute approximate surface area is 175 Å². The van der Waals surface area contributed by atoms with Crippen LogP contribution >= 0.6 is 0 Å². The number of anilines is 1. The number of amides is 1. The van der Waals surface area contributed by atoms with Gasteiger partial charge in [-0.2, -0.15) is 0 Å². The lowest BCUT2D eigenvalue weighted by atomic mass is 10.1. The molecule has 3 rings (SSSR count). The lowest BCUT2D eigenvalue weighted by Gasteiger charge is -2.20. The van der Waals surface area contributed by atoms with Gasteiger partial charge in [-0.05, 0) is 42.8 Å². The summed E-state index contributed by atoms with van der Waals surface area (Å²) in [7, 11) is 2.86. The van der Waals surface area contributed by atoms with E-state index in [0.717, 1.165) is 5.56 Å². The predicted molar refractivity (Wildman–Crippen MR) is 114 cm³/mol. The maximum Gasteiger partial charge on any atom is 0.337 e. The number of esters is 1. The van der Waals surface area contributed by atoms with Crippen molar-refractivity contribution in [1.82, 2.24) is 0 Å². The summed E-state index contributed by atoms with van der Waals surface area (Å²) in [4.78, 5) is 25.0. The number of methoxy groups -OCH3 is 2. The third-order valence-corrected chi connectivity index (χ3v) is 4.46. The van der Waals surface area contributed by atoms with Crippen LogP contribution in [0.3, 0.4) is 0 Å². The van der Waals surface area contributed by atoms with Gasteiger partial charge in [0.1, 0.15) is 11.5 Å². The van der Waals surface area contributed by atoms with Crippen molar-refractivity contribution in [1.29, 1.82) is 0 Å². The Hall–Kier alpha value is -3.80. The van der Waals surface area contributed by atoms with Gasteiger partial charge in [-0.3, -0.25) is 4.79 Å². The maximum absolute atomic E-state index is 13.2. The van der Waals surface area contributed by atoms with Crippen molar-refractivity contribution in [2.24, 2.45) is 0 Å². The topological polar surface area (TPSA) is 73.9 Å². The smallest absolute Gasteiger partial charge is 0.337 e. The lowest BCUT2D eigenvalue weighted by Crippen LogP contribution is -2.26. The molecule has 1 amide bonds. The van der Waals surface area contributed by atoms with Gasteiger partial charge in [0.05, 0.1) is 25.5 Å². The van der Waals surface area contributed by atoms with E-state index in [9.17, 15) is 9.59 Å². The molecule has 1 N–H and O–H groups in total. The van der Waals surface area contributed by atoms with Crippen LogP contribution in [0.1, 0.15) is 27.6 Å². The molecule has 0 unspecified atom stereocenters. The average Bonchev–Trinajstić information content (AvgIpc) is 2.77. The minimum Gasteiger partial charge on any atom is -0.495 e. The van der Waals surface area contributed by atoms with Gasteiger partial charge in [-0.1, -0.05) is 42.5 Å². The molecule has 0 fully saturated rings. The SMILES string of the molecule is COC(=O)c1cccc(O[C@@H](C(=O)Nc2cc(C)ccc2OC)c2ccccc2)c1. The van der Waals surface area contributed by atoms with E-state index in [1.165, 1.54) is 7.11 Å². The number of benzene rings is 3. The third-order valence-electron chi connectivity index (χ3n) is 4.46. The van der Waals surface area contributed by atoms with E-state index in [2.05, 4.69) is 5.32 Å². The summed E-state index contributed by atoms with van der Waals surface area (Å²) in [6.07, 6.45) is -0.940. The van der Waals surface area contributed by atoms with Gasteiger partial charge in [0.15, 0.2) is 0 Å². The molecule has 3 aromatic rings. The summed E-state index contributed by atoms with van der Waals surface area (Å²) in [5, 5.41) is 2.89. The highest BCUT2D eigenvalue weighted by Gasteiger charge is 2.24. The molecule has 30 heavy (non-hydrogen) atoms. The minimum atomic E-state index is -0.940. The summed E-state index contributed by atoms with van der Waals surface area (Å²) in [6.45, 7) is 1.93. The second-order valence-electron chi connectivity index (χ2n) is 6.62.